The smallest absolute Gasteiger partial charge is 0.326 e. The average molecular weight is 521 g/mol. The fourth-order valence-corrected chi connectivity index (χ4v) is 3.37. The van der Waals surface area contributed by atoms with Crippen LogP contribution in [0.3, 0.4) is 0 Å². The molecule has 0 aliphatic rings. The molecule has 0 aliphatic heterocycles. The summed E-state index contributed by atoms with van der Waals surface area (Å²) in [7, 11) is 0. The number of nitro groups is 1. The van der Waals surface area contributed by atoms with E-state index in [1.807, 2.05) is 30.3 Å². The van der Waals surface area contributed by atoms with Crippen LogP contribution in [-0.2, 0) is 14.3 Å². The Morgan fingerprint density at radius 3 is 2.18 bits per heavy atom. The highest BCUT2D eigenvalue weighted by Gasteiger charge is 2.17. The van der Waals surface area contributed by atoms with Crippen molar-refractivity contribution >= 4 is 35.0 Å². The summed E-state index contributed by atoms with van der Waals surface area (Å²) in [5, 5.41) is 16.3. The third-order valence-corrected chi connectivity index (χ3v) is 5.22. The lowest BCUT2D eigenvalue weighted by Crippen LogP contribution is -2.41. The average Bonchev–Trinajstić information content (AvgIpc) is 2.91. The zero-order valence-electron chi connectivity index (χ0n) is 20.8. The summed E-state index contributed by atoms with van der Waals surface area (Å²) in [6, 6.07) is 21.0. The molecule has 0 aliphatic carbocycles. The number of esters is 1. The van der Waals surface area contributed by atoms with Gasteiger partial charge in [-0.2, -0.15) is 0 Å². The molecule has 0 spiro atoms. The summed E-state index contributed by atoms with van der Waals surface area (Å²) in [6.45, 7) is 2.17. The summed E-state index contributed by atoms with van der Waals surface area (Å²) in [5.41, 5.74) is 0.804. The molecule has 3 aromatic rings. The maximum absolute atomic E-state index is 13.1. The van der Waals surface area contributed by atoms with Crippen LogP contribution in [0.15, 0.2) is 78.9 Å². The fraction of sp³-hybridized carbons (Fsp3) is 0.222. The number of urea groups is 1. The highest BCUT2D eigenvalue weighted by Crippen LogP contribution is 2.25. The molecule has 0 aromatic heterocycles. The summed E-state index contributed by atoms with van der Waals surface area (Å²) in [4.78, 5) is 48.5. The predicted octanol–water partition coefficient (Wildman–Crippen LogP) is 4.89. The van der Waals surface area contributed by atoms with Crippen LogP contribution >= 0.6 is 0 Å². The molecule has 0 radical (unpaired) electrons. The molecule has 0 saturated heterocycles. The maximum Gasteiger partial charge on any atom is 0.326 e. The Bertz CT molecular complexity index is 1230. The number of amides is 3. The Labute approximate surface area is 219 Å². The zero-order valence-corrected chi connectivity index (χ0v) is 20.8. The predicted molar refractivity (Wildman–Crippen MR) is 141 cm³/mol. The Balaban J connectivity index is 1.67. The van der Waals surface area contributed by atoms with Gasteiger partial charge in [0.15, 0.2) is 0 Å². The van der Waals surface area contributed by atoms with Gasteiger partial charge >= 0.3 is 12.0 Å². The van der Waals surface area contributed by atoms with Crippen molar-refractivity contribution in [3.63, 3.8) is 0 Å². The quantitative estimate of drug-likeness (QED) is 0.197. The van der Waals surface area contributed by atoms with Gasteiger partial charge in [-0.1, -0.05) is 18.2 Å². The minimum atomic E-state index is -0.526. The first kappa shape index (κ1) is 27.7. The first-order valence-corrected chi connectivity index (χ1v) is 11.9. The molecule has 3 amide bonds. The highest BCUT2D eigenvalue weighted by molar-refractivity contribution is 6.01. The molecular weight excluding hydrogens is 492 g/mol. The van der Waals surface area contributed by atoms with Crippen molar-refractivity contribution in [2.24, 2.45) is 0 Å². The second-order valence-electron chi connectivity index (χ2n) is 7.95. The Hall–Kier alpha value is -4.93. The number of rotatable bonds is 12. The molecule has 0 fully saturated rings. The standard InChI is InChI=1S/C27H28N4O7/c1-2-37-26(33)17-16-25(32)28-18-19-30(27(34)29-20-8-10-22(11-9-20)31(35)36)21-12-14-24(15-13-21)38-23-6-4-3-5-7-23/h3-15H,2,16-19H2,1H3,(H,28,32)(H,29,34). The molecular formula is C27H28N4O7. The van der Waals surface area contributed by atoms with Crippen LogP contribution in [0.1, 0.15) is 19.8 Å². The van der Waals surface area contributed by atoms with Gasteiger partial charge in [-0.3, -0.25) is 24.6 Å². The summed E-state index contributed by atoms with van der Waals surface area (Å²) in [6.07, 6.45) is -0.0633. The Kier molecular flexibility index (Phi) is 10.2. The molecule has 0 atom stereocenters. The largest absolute Gasteiger partial charge is 0.466 e. The molecule has 0 unspecified atom stereocenters. The molecule has 0 bridgehead atoms. The highest BCUT2D eigenvalue weighted by atomic mass is 16.6. The van der Waals surface area contributed by atoms with Crippen molar-refractivity contribution < 1.29 is 28.8 Å². The zero-order chi connectivity index (χ0) is 27.3. The normalized spacial score (nSPS) is 10.2. The van der Waals surface area contributed by atoms with Crippen LogP contribution in [0.25, 0.3) is 0 Å². The lowest BCUT2D eigenvalue weighted by Gasteiger charge is -2.24. The number of nitrogens with one attached hydrogen (secondary N) is 2. The first-order valence-electron chi connectivity index (χ1n) is 11.9. The summed E-state index contributed by atoms with van der Waals surface area (Å²) < 4.78 is 10.6. The molecule has 0 saturated carbocycles. The van der Waals surface area contributed by atoms with Gasteiger partial charge in [0, 0.05) is 43.0 Å². The van der Waals surface area contributed by atoms with E-state index in [-0.39, 0.29) is 44.1 Å². The van der Waals surface area contributed by atoms with Gasteiger partial charge in [0.25, 0.3) is 5.69 Å². The van der Waals surface area contributed by atoms with E-state index >= 15 is 0 Å². The van der Waals surface area contributed by atoms with Gasteiger partial charge in [-0.05, 0) is 55.5 Å². The van der Waals surface area contributed by atoms with E-state index in [0.29, 0.717) is 22.9 Å². The molecule has 0 heterocycles. The third-order valence-electron chi connectivity index (χ3n) is 5.22. The number of ether oxygens (including phenoxy) is 2. The SMILES string of the molecule is CCOC(=O)CCC(=O)NCCN(C(=O)Nc1ccc([N+](=O)[O-])cc1)c1ccc(Oc2ccccc2)cc1. The van der Waals surface area contributed by atoms with E-state index in [0.717, 1.165) is 0 Å². The van der Waals surface area contributed by atoms with Crippen molar-refractivity contribution in [1.82, 2.24) is 5.32 Å². The van der Waals surface area contributed by atoms with Gasteiger partial charge in [-0.25, -0.2) is 4.79 Å². The first-order chi connectivity index (χ1) is 18.4. The van der Waals surface area contributed by atoms with Crippen molar-refractivity contribution in [1.29, 1.82) is 0 Å². The fourth-order valence-electron chi connectivity index (χ4n) is 3.37. The minimum Gasteiger partial charge on any atom is -0.466 e. The lowest BCUT2D eigenvalue weighted by molar-refractivity contribution is -0.384. The second-order valence-corrected chi connectivity index (χ2v) is 7.95. The maximum atomic E-state index is 13.1. The minimum absolute atomic E-state index is 0.0284. The van der Waals surface area contributed by atoms with Crippen LogP contribution < -0.4 is 20.3 Å². The summed E-state index contributed by atoms with van der Waals surface area (Å²) >= 11 is 0. The summed E-state index contributed by atoms with van der Waals surface area (Å²) in [5.74, 6) is 0.437. The number of carbonyl (C=O) groups excluding carboxylic acids is 3. The van der Waals surface area contributed by atoms with Gasteiger partial charge in [0.1, 0.15) is 11.5 Å². The van der Waals surface area contributed by atoms with E-state index in [2.05, 4.69) is 10.6 Å². The topological polar surface area (TPSA) is 140 Å². The molecule has 11 nitrogen and oxygen atoms in total. The van der Waals surface area contributed by atoms with Gasteiger partial charge in [0.2, 0.25) is 5.91 Å². The van der Waals surface area contributed by atoms with Crippen LogP contribution in [0.4, 0.5) is 21.9 Å². The third kappa shape index (κ3) is 8.63. The van der Waals surface area contributed by atoms with Crippen LogP contribution in [0.5, 0.6) is 11.5 Å². The molecule has 2 N–H and O–H groups in total. The van der Waals surface area contributed by atoms with Crippen molar-refractivity contribution in [3.8, 4) is 11.5 Å². The monoisotopic (exact) mass is 520 g/mol. The molecule has 3 rings (SSSR count). The Morgan fingerprint density at radius 1 is 0.895 bits per heavy atom. The van der Waals surface area contributed by atoms with E-state index < -0.39 is 16.9 Å². The van der Waals surface area contributed by atoms with E-state index in [4.69, 9.17) is 9.47 Å². The lowest BCUT2D eigenvalue weighted by atomic mass is 10.2. The molecule has 198 valence electrons. The van der Waals surface area contributed by atoms with E-state index in [1.165, 1.54) is 29.2 Å². The van der Waals surface area contributed by atoms with Gasteiger partial charge < -0.3 is 20.1 Å². The van der Waals surface area contributed by atoms with Crippen molar-refractivity contribution in [2.45, 2.75) is 19.8 Å². The second kappa shape index (κ2) is 14.0. The number of nitrogens with zero attached hydrogens (tertiary/aromatic N) is 2. The number of carbonyl (C=O) groups is 3. The van der Waals surface area contributed by atoms with Crippen LogP contribution in [0.2, 0.25) is 0 Å². The number of non-ortho nitro benzene ring substituents is 1. The molecule has 38 heavy (non-hydrogen) atoms. The van der Waals surface area contributed by atoms with Gasteiger partial charge in [0.05, 0.1) is 18.0 Å². The number of nitro benzene ring substituents is 1. The van der Waals surface area contributed by atoms with Crippen molar-refractivity contribution in [2.75, 3.05) is 29.9 Å². The van der Waals surface area contributed by atoms with E-state index in [9.17, 15) is 24.5 Å². The van der Waals surface area contributed by atoms with Crippen LogP contribution in [0, 0.1) is 10.1 Å². The van der Waals surface area contributed by atoms with E-state index in [1.54, 1.807) is 31.2 Å². The number of para-hydroxylation sites is 1. The number of benzene rings is 3. The van der Waals surface area contributed by atoms with Crippen molar-refractivity contribution in [3.05, 3.63) is 89.0 Å². The molecule has 3 aromatic carbocycles. The number of hydrogen-bond donors (Lipinski definition) is 2. The van der Waals surface area contributed by atoms with Gasteiger partial charge in [-0.15, -0.1) is 0 Å². The number of anilines is 2. The van der Waals surface area contributed by atoms with Crippen LogP contribution in [-0.4, -0.2) is 42.5 Å². The Morgan fingerprint density at radius 2 is 1.55 bits per heavy atom. The number of hydrogen-bond acceptors (Lipinski definition) is 7. The molecule has 11 heteroatoms.